The first kappa shape index (κ1) is 17.4. The van der Waals surface area contributed by atoms with Gasteiger partial charge in [-0.3, -0.25) is 4.79 Å². The molecule has 0 bridgehead atoms. The number of H-pyrrole nitrogens is 1. The first-order valence-electron chi connectivity index (χ1n) is 9.53. The van der Waals surface area contributed by atoms with Crippen molar-refractivity contribution in [1.82, 2.24) is 20.6 Å². The molecule has 8 nitrogen and oxygen atoms in total. The lowest BCUT2D eigenvalue weighted by Crippen LogP contribution is -2.24. The number of hydrogen-bond donors (Lipinski definition) is 2. The Morgan fingerprint density at radius 2 is 2.14 bits per heavy atom. The first-order chi connectivity index (χ1) is 14.3. The van der Waals surface area contributed by atoms with Gasteiger partial charge in [0.1, 0.15) is 6.61 Å². The number of aromatic nitrogens is 4. The first-order valence-corrected chi connectivity index (χ1v) is 9.53. The molecule has 146 valence electrons. The average molecular weight is 389 g/mol. The number of carbonyl (C=O) groups is 1. The predicted octanol–water partition coefficient (Wildman–Crippen LogP) is 2.85. The third-order valence-corrected chi connectivity index (χ3v) is 5.10. The van der Waals surface area contributed by atoms with E-state index in [4.69, 9.17) is 9.47 Å². The third-order valence-electron chi connectivity index (χ3n) is 5.10. The minimum atomic E-state index is -0.475. The van der Waals surface area contributed by atoms with Gasteiger partial charge in [0.2, 0.25) is 5.91 Å². The molecule has 8 heteroatoms. The van der Waals surface area contributed by atoms with Gasteiger partial charge in [0, 0.05) is 6.08 Å². The summed E-state index contributed by atoms with van der Waals surface area (Å²) in [5.41, 5.74) is 4.34. The minimum Gasteiger partial charge on any atom is -0.485 e. The van der Waals surface area contributed by atoms with Crippen molar-refractivity contribution in [1.29, 1.82) is 0 Å². The molecule has 0 fully saturated rings. The van der Waals surface area contributed by atoms with E-state index in [2.05, 4.69) is 38.1 Å². The summed E-state index contributed by atoms with van der Waals surface area (Å²) < 4.78 is 11.7. The van der Waals surface area contributed by atoms with Gasteiger partial charge in [-0.2, -0.15) is 0 Å². The van der Waals surface area contributed by atoms with Gasteiger partial charge in [-0.25, -0.2) is 5.10 Å². The quantitative estimate of drug-likeness (QED) is 0.666. The number of fused-ring (bicyclic) bond motifs is 2. The van der Waals surface area contributed by atoms with Crippen molar-refractivity contribution >= 4 is 17.7 Å². The molecule has 1 amide bonds. The smallest absolute Gasteiger partial charge is 0.248 e. The molecule has 2 N–H and O–H groups in total. The SMILES string of the molecule is O=C(/C=C/c1ccc2c(c1)CCC2)Nc1cccc2c1OC(c1nnn[nH]1)CO2. The highest BCUT2D eigenvalue weighted by Gasteiger charge is 2.27. The topological polar surface area (TPSA) is 102 Å². The number of amides is 1. The Morgan fingerprint density at radius 1 is 1.21 bits per heavy atom. The Bertz CT molecular complexity index is 1080. The highest BCUT2D eigenvalue weighted by Crippen LogP contribution is 2.41. The predicted molar refractivity (Wildman–Crippen MR) is 106 cm³/mol. The summed E-state index contributed by atoms with van der Waals surface area (Å²) in [6, 6.07) is 11.7. The number of anilines is 1. The standard InChI is InChI=1S/C21H19N5O3/c27-19(10-8-13-7-9-14-3-1-4-15(14)11-13)22-16-5-2-6-17-20(16)29-18(12-28-17)21-23-25-26-24-21/h2,5-11,18H,1,3-4,12H2,(H,22,27)(H,23,24,25,26)/b10-8+. The fourth-order valence-electron chi connectivity index (χ4n) is 3.67. The van der Waals surface area contributed by atoms with Gasteiger partial charge in [-0.1, -0.05) is 24.3 Å². The molecule has 1 unspecified atom stereocenters. The Hall–Kier alpha value is -3.68. The van der Waals surface area contributed by atoms with E-state index >= 15 is 0 Å². The van der Waals surface area contributed by atoms with Gasteiger partial charge in [0.05, 0.1) is 5.69 Å². The van der Waals surface area contributed by atoms with Gasteiger partial charge in [-0.05, 0) is 64.6 Å². The second kappa shape index (κ2) is 7.38. The van der Waals surface area contributed by atoms with Crippen LogP contribution < -0.4 is 14.8 Å². The maximum Gasteiger partial charge on any atom is 0.248 e. The van der Waals surface area contributed by atoms with Crippen LogP contribution in [0.2, 0.25) is 0 Å². The maximum atomic E-state index is 12.5. The van der Waals surface area contributed by atoms with E-state index in [1.807, 2.05) is 12.1 Å². The van der Waals surface area contributed by atoms with E-state index in [-0.39, 0.29) is 12.5 Å². The van der Waals surface area contributed by atoms with Crippen LogP contribution in [-0.2, 0) is 17.6 Å². The molecule has 3 aromatic rings. The van der Waals surface area contributed by atoms with E-state index in [1.165, 1.54) is 23.6 Å². The largest absolute Gasteiger partial charge is 0.485 e. The lowest BCUT2D eigenvalue weighted by atomic mass is 10.1. The van der Waals surface area contributed by atoms with Gasteiger partial charge in [0.15, 0.2) is 23.4 Å². The molecule has 2 aromatic carbocycles. The van der Waals surface area contributed by atoms with Crippen molar-refractivity contribution in [2.24, 2.45) is 0 Å². The van der Waals surface area contributed by atoms with Crippen molar-refractivity contribution in [3.63, 3.8) is 0 Å². The molecule has 5 rings (SSSR count). The Morgan fingerprint density at radius 3 is 3.03 bits per heavy atom. The van der Waals surface area contributed by atoms with Gasteiger partial charge in [-0.15, -0.1) is 5.10 Å². The number of rotatable bonds is 4. The summed E-state index contributed by atoms with van der Waals surface area (Å²) in [6.45, 7) is 0.277. The summed E-state index contributed by atoms with van der Waals surface area (Å²) in [4.78, 5) is 12.5. The average Bonchev–Trinajstić information content (AvgIpc) is 3.44. The van der Waals surface area contributed by atoms with Crippen LogP contribution in [0.4, 0.5) is 5.69 Å². The van der Waals surface area contributed by atoms with Crippen LogP contribution in [0.5, 0.6) is 11.5 Å². The van der Waals surface area contributed by atoms with E-state index in [0.29, 0.717) is 23.0 Å². The molecule has 0 saturated heterocycles. The van der Waals surface area contributed by atoms with Crippen molar-refractivity contribution in [2.75, 3.05) is 11.9 Å². The number of aromatic amines is 1. The van der Waals surface area contributed by atoms with Crippen molar-refractivity contribution in [2.45, 2.75) is 25.4 Å². The van der Waals surface area contributed by atoms with Crippen LogP contribution in [0.1, 0.15) is 35.0 Å². The fraction of sp³-hybridized carbons (Fsp3) is 0.238. The number of aryl methyl sites for hydroxylation is 2. The maximum absolute atomic E-state index is 12.5. The number of tetrazole rings is 1. The summed E-state index contributed by atoms with van der Waals surface area (Å²) in [5.74, 6) is 1.24. The molecule has 0 spiro atoms. The molecule has 1 aliphatic heterocycles. The van der Waals surface area contributed by atoms with Gasteiger partial charge >= 0.3 is 0 Å². The Labute approximate surface area is 166 Å². The van der Waals surface area contributed by atoms with Gasteiger partial charge in [0.25, 0.3) is 0 Å². The van der Waals surface area contributed by atoms with E-state index < -0.39 is 6.10 Å². The monoisotopic (exact) mass is 389 g/mol. The molecule has 29 heavy (non-hydrogen) atoms. The van der Waals surface area contributed by atoms with Crippen molar-refractivity contribution in [3.8, 4) is 11.5 Å². The molecular weight excluding hydrogens is 370 g/mol. The van der Waals surface area contributed by atoms with Crippen LogP contribution in [-0.4, -0.2) is 33.1 Å². The molecule has 0 saturated carbocycles. The summed E-state index contributed by atoms with van der Waals surface area (Å²) in [7, 11) is 0. The molecular formula is C21H19N5O3. The zero-order chi connectivity index (χ0) is 19.6. The second-order valence-electron chi connectivity index (χ2n) is 7.04. The zero-order valence-corrected chi connectivity index (χ0v) is 15.6. The van der Waals surface area contributed by atoms with Crippen LogP contribution in [0.3, 0.4) is 0 Å². The number of para-hydroxylation sites is 1. The van der Waals surface area contributed by atoms with Crippen molar-refractivity contribution in [3.05, 3.63) is 65.0 Å². The fourth-order valence-corrected chi connectivity index (χ4v) is 3.67. The van der Waals surface area contributed by atoms with Gasteiger partial charge < -0.3 is 14.8 Å². The van der Waals surface area contributed by atoms with Crippen LogP contribution in [0, 0.1) is 0 Å². The number of ether oxygens (including phenoxy) is 2. The molecule has 2 heterocycles. The number of carbonyl (C=O) groups excluding carboxylic acids is 1. The van der Waals surface area contributed by atoms with E-state index in [1.54, 1.807) is 18.2 Å². The Balaban J connectivity index is 1.31. The minimum absolute atomic E-state index is 0.244. The summed E-state index contributed by atoms with van der Waals surface area (Å²) in [6.07, 6.45) is 6.33. The number of nitrogens with one attached hydrogen (secondary N) is 2. The summed E-state index contributed by atoms with van der Waals surface area (Å²) >= 11 is 0. The lowest BCUT2D eigenvalue weighted by Gasteiger charge is -2.26. The number of benzene rings is 2. The zero-order valence-electron chi connectivity index (χ0n) is 15.6. The molecule has 1 aromatic heterocycles. The van der Waals surface area contributed by atoms with Crippen LogP contribution >= 0.6 is 0 Å². The summed E-state index contributed by atoms with van der Waals surface area (Å²) in [5, 5.41) is 16.5. The number of nitrogens with zero attached hydrogens (tertiary/aromatic N) is 3. The molecule has 0 radical (unpaired) electrons. The second-order valence-corrected chi connectivity index (χ2v) is 7.04. The van der Waals surface area contributed by atoms with E-state index in [9.17, 15) is 4.79 Å². The molecule has 1 aliphatic carbocycles. The normalized spacial score (nSPS) is 17.3. The highest BCUT2D eigenvalue weighted by atomic mass is 16.6. The van der Waals surface area contributed by atoms with Crippen LogP contribution in [0.15, 0.2) is 42.5 Å². The Kier molecular flexibility index (Phi) is 4.44. The molecule has 2 aliphatic rings. The molecule has 1 atom stereocenters. The highest BCUT2D eigenvalue weighted by molar-refractivity contribution is 6.03. The third kappa shape index (κ3) is 3.56. The van der Waals surface area contributed by atoms with Crippen molar-refractivity contribution < 1.29 is 14.3 Å². The number of hydrogen-bond acceptors (Lipinski definition) is 6. The lowest BCUT2D eigenvalue weighted by molar-refractivity contribution is -0.111. The van der Waals surface area contributed by atoms with E-state index in [0.717, 1.165) is 18.4 Å². The van der Waals surface area contributed by atoms with Crippen LogP contribution in [0.25, 0.3) is 6.08 Å².